The molecule has 2 amide bonds. The van der Waals surface area contributed by atoms with Gasteiger partial charge < -0.3 is 10.2 Å². The van der Waals surface area contributed by atoms with Gasteiger partial charge in [-0.1, -0.05) is 91.0 Å². The summed E-state index contributed by atoms with van der Waals surface area (Å²) < 4.78 is 41.1. The number of nitrogens with zero attached hydrogens (tertiary/aromatic N) is 2. The zero-order valence-electron chi connectivity index (χ0n) is 23.3. The monoisotopic (exact) mass is 633 g/mol. The van der Waals surface area contributed by atoms with Gasteiger partial charge >= 0.3 is 0 Å². The molecule has 1 aliphatic carbocycles. The van der Waals surface area contributed by atoms with E-state index in [4.69, 9.17) is 23.2 Å². The molecule has 3 aromatic carbocycles. The molecule has 1 atom stereocenters. The van der Waals surface area contributed by atoms with Crippen molar-refractivity contribution < 1.29 is 22.4 Å². The molecule has 3 aromatic rings. The second-order valence-corrected chi connectivity index (χ2v) is 13.3. The van der Waals surface area contributed by atoms with E-state index in [1.54, 1.807) is 18.2 Å². The first-order valence-corrected chi connectivity index (χ1v) is 16.4. The van der Waals surface area contributed by atoms with E-state index in [2.05, 4.69) is 5.32 Å². The molecule has 4 rings (SSSR count). The molecule has 0 saturated heterocycles. The Kier molecular flexibility index (Phi) is 10.9. The van der Waals surface area contributed by atoms with E-state index in [1.165, 1.54) is 23.1 Å². The maximum absolute atomic E-state index is 14.8. The number of hydrogen-bond acceptors (Lipinski definition) is 4. The predicted molar refractivity (Wildman–Crippen MR) is 165 cm³/mol. The lowest BCUT2D eigenvalue weighted by Gasteiger charge is -2.35. The maximum Gasteiger partial charge on any atom is 0.244 e. The van der Waals surface area contributed by atoms with E-state index in [0.717, 1.165) is 54.3 Å². The van der Waals surface area contributed by atoms with Gasteiger partial charge in [0.1, 0.15) is 18.4 Å². The van der Waals surface area contributed by atoms with Crippen molar-refractivity contribution in [3.63, 3.8) is 0 Å². The number of benzene rings is 3. The number of sulfonamides is 1. The van der Waals surface area contributed by atoms with E-state index >= 15 is 0 Å². The molecule has 1 saturated carbocycles. The highest BCUT2D eigenvalue weighted by atomic mass is 35.5. The first-order chi connectivity index (χ1) is 20.0. The molecule has 11 heteroatoms. The van der Waals surface area contributed by atoms with Crippen LogP contribution in [0.15, 0.2) is 72.8 Å². The predicted octanol–water partition coefficient (Wildman–Crippen LogP) is 5.99. The van der Waals surface area contributed by atoms with Gasteiger partial charge in [-0.25, -0.2) is 12.8 Å². The van der Waals surface area contributed by atoms with Crippen molar-refractivity contribution in [1.29, 1.82) is 0 Å². The molecule has 0 spiro atoms. The largest absolute Gasteiger partial charge is 0.352 e. The topological polar surface area (TPSA) is 86.8 Å². The van der Waals surface area contributed by atoms with Crippen LogP contribution in [0.2, 0.25) is 10.0 Å². The molecular formula is C31H34Cl2FN3O4S. The zero-order valence-corrected chi connectivity index (χ0v) is 25.6. The average molecular weight is 635 g/mol. The lowest BCUT2D eigenvalue weighted by Crippen LogP contribution is -2.55. The van der Waals surface area contributed by atoms with Crippen LogP contribution in [0.5, 0.6) is 0 Å². The van der Waals surface area contributed by atoms with Crippen molar-refractivity contribution in [3.8, 4) is 0 Å². The van der Waals surface area contributed by atoms with E-state index < -0.39 is 34.3 Å². The maximum atomic E-state index is 14.8. The standard InChI is InChI=1S/C31H34Cl2FN3O4S/c1-42(40,41)37(28-15-9-8-14-27(28)34)21-30(38)36(20-23-16-17-25(32)26(33)18-23)29(19-22-10-4-2-5-11-22)31(39)35-24-12-6-3-7-13-24/h2,4-5,8-11,14-18,24,29H,3,6-7,12-13,19-21H2,1H3,(H,35,39). The van der Waals surface area contributed by atoms with Gasteiger partial charge in [0.25, 0.3) is 0 Å². The molecule has 1 fully saturated rings. The van der Waals surface area contributed by atoms with Crippen molar-refractivity contribution in [2.24, 2.45) is 0 Å². The van der Waals surface area contributed by atoms with Gasteiger partial charge in [-0.2, -0.15) is 0 Å². The number of rotatable bonds is 11. The SMILES string of the molecule is CS(=O)(=O)N(CC(=O)N(Cc1ccc(Cl)c(Cl)c1)C(Cc1ccccc1)C(=O)NC1CCCCC1)c1ccccc1F. The van der Waals surface area contributed by atoms with Crippen LogP contribution in [0.1, 0.15) is 43.2 Å². The van der Waals surface area contributed by atoms with Crippen LogP contribution >= 0.6 is 23.2 Å². The smallest absolute Gasteiger partial charge is 0.244 e. The van der Waals surface area contributed by atoms with Gasteiger partial charge in [0.05, 0.1) is 22.0 Å². The van der Waals surface area contributed by atoms with Gasteiger partial charge in [0, 0.05) is 19.0 Å². The lowest BCUT2D eigenvalue weighted by molar-refractivity contribution is -0.140. The zero-order chi connectivity index (χ0) is 30.3. The van der Waals surface area contributed by atoms with Crippen molar-refractivity contribution in [2.45, 2.75) is 57.2 Å². The molecule has 0 heterocycles. The third-order valence-corrected chi connectivity index (χ3v) is 9.23. The minimum absolute atomic E-state index is 0.0163. The van der Waals surface area contributed by atoms with Crippen LogP contribution in [0.3, 0.4) is 0 Å². The number of carbonyl (C=O) groups is 2. The summed E-state index contributed by atoms with van der Waals surface area (Å²) in [6.07, 6.45) is 5.91. The van der Waals surface area contributed by atoms with Crippen LogP contribution in [0, 0.1) is 5.82 Å². The summed E-state index contributed by atoms with van der Waals surface area (Å²) in [6.45, 7) is -0.761. The minimum Gasteiger partial charge on any atom is -0.352 e. The first kappa shape index (κ1) is 31.8. The number of hydrogen-bond donors (Lipinski definition) is 1. The van der Waals surface area contributed by atoms with E-state index in [9.17, 15) is 22.4 Å². The highest BCUT2D eigenvalue weighted by Crippen LogP contribution is 2.26. The van der Waals surface area contributed by atoms with E-state index in [1.807, 2.05) is 30.3 Å². The summed E-state index contributed by atoms with van der Waals surface area (Å²) in [7, 11) is -4.08. The van der Waals surface area contributed by atoms with Gasteiger partial charge in [0.15, 0.2) is 0 Å². The molecule has 1 aliphatic rings. The van der Waals surface area contributed by atoms with Crippen LogP contribution < -0.4 is 9.62 Å². The van der Waals surface area contributed by atoms with Crippen molar-refractivity contribution in [3.05, 3.63) is 99.8 Å². The number of halogens is 3. The van der Waals surface area contributed by atoms with E-state index in [-0.39, 0.29) is 35.6 Å². The summed E-state index contributed by atoms with van der Waals surface area (Å²) in [4.78, 5) is 29.4. The molecule has 42 heavy (non-hydrogen) atoms. The molecule has 0 aromatic heterocycles. The Bertz CT molecular complexity index is 1500. The van der Waals surface area contributed by atoms with Crippen LogP contribution in [-0.2, 0) is 32.6 Å². The molecule has 224 valence electrons. The molecule has 7 nitrogen and oxygen atoms in total. The highest BCUT2D eigenvalue weighted by molar-refractivity contribution is 7.92. The average Bonchev–Trinajstić information content (AvgIpc) is 2.96. The Balaban J connectivity index is 1.74. The molecule has 0 radical (unpaired) electrons. The Labute approximate surface area is 256 Å². The van der Waals surface area contributed by atoms with Gasteiger partial charge in [-0.15, -0.1) is 0 Å². The second kappa shape index (κ2) is 14.4. The Morgan fingerprint density at radius 2 is 1.60 bits per heavy atom. The quantitative estimate of drug-likeness (QED) is 0.281. The molecule has 0 bridgehead atoms. The van der Waals surface area contributed by atoms with Gasteiger partial charge in [0.2, 0.25) is 21.8 Å². The highest BCUT2D eigenvalue weighted by Gasteiger charge is 2.34. The van der Waals surface area contributed by atoms with Crippen LogP contribution in [0.4, 0.5) is 10.1 Å². The van der Waals surface area contributed by atoms with Crippen LogP contribution in [-0.4, -0.2) is 50.0 Å². The van der Waals surface area contributed by atoms with Crippen molar-refractivity contribution in [1.82, 2.24) is 10.2 Å². The Hall–Kier alpha value is -3.14. The van der Waals surface area contributed by atoms with Crippen molar-refractivity contribution >= 4 is 50.7 Å². The summed E-state index contributed by atoms with van der Waals surface area (Å²) in [5, 5.41) is 3.74. The molecule has 1 unspecified atom stereocenters. The molecule has 1 N–H and O–H groups in total. The number of amides is 2. The second-order valence-electron chi connectivity index (χ2n) is 10.5. The van der Waals surface area contributed by atoms with Crippen LogP contribution in [0.25, 0.3) is 0 Å². The first-order valence-electron chi connectivity index (χ1n) is 13.8. The number of nitrogens with one attached hydrogen (secondary N) is 1. The Morgan fingerprint density at radius 1 is 0.929 bits per heavy atom. The lowest BCUT2D eigenvalue weighted by atomic mass is 9.94. The molecular weight excluding hydrogens is 600 g/mol. The third-order valence-electron chi connectivity index (χ3n) is 7.36. The number of carbonyl (C=O) groups excluding carboxylic acids is 2. The fourth-order valence-corrected chi connectivity index (χ4v) is 6.35. The molecule has 0 aliphatic heterocycles. The van der Waals surface area contributed by atoms with Gasteiger partial charge in [-0.3, -0.25) is 13.9 Å². The van der Waals surface area contributed by atoms with E-state index in [0.29, 0.717) is 10.6 Å². The van der Waals surface area contributed by atoms with Crippen molar-refractivity contribution in [2.75, 3.05) is 17.1 Å². The van der Waals surface area contributed by atoms with Gasteiger partial charge in [-0.05, 0) is 48.2 Å². The Morgan fingerprint density at radius 3 is 2.24 bits per heavy atom. The normalized spacial score (nSPS) is 14.7. The fourth-order valence-electron chi connectivity index (χ4n) is 5.18. The summed E-state index contributed by atoms with van der Waals surface area (Å²) in [5.74, 6) is -1.80. The fraction of sp³-hybridized carbons (Fsp3) is 0.355. The number of anilines is 1. The summed E-state index contributed by atoms with van der Waals surface area (Å²) in [5.41, 5.74) is 1.16. The summed E-state index contributed by atoms with van der Waals surface area (Å²) in [6, 6.07) is 18.5. The third kappa shape index (κ3) is 8.46. The minimum atomic E-state index is -4.08. The number of para-hydroxylation sites is 1. The summed E-state index contributed by atoms with van der Waals surface area (Å²) >= 11 is 12.4.